The number of rotatable bonds is 17. The second-order valence-electron chi connectivity index (χ2n) is 8.28. The number of ether oxygens (including phenoxy) is 2. The van der Waals surface area contributed by atoms with Gasteiger partial charge in [0.05, 0.1) is 0 Å². The summed E-state index contributed by atoms with van der Waals surface area (Å²) in [6, 6.07) is 1.61. The van der Waals surface area contributed by atoms with Gasteiger partial charge in [-0.2, -0.15) is 0 Å². The van der Waals surface area contributed by atoms with Crippen molar-refractivity contribution < 1.29 is 22.6 Å². The summed E-state index contributed by atoms with van der Waals surface area (Å²) in [6.07, 6.45) is 13.4. The van der Waals surface area contributed by atoms with E-state index in [0.717, 1.165) is 44.6 Å². The van der Waals surface area contributed by atoms with Crippen molar-refractivity contribution in [3.63, 3.8) is 0 Å². The van der Waals surface area contributed by atoms with E-state index in [1.54, 1.807) is 14.2 Å². The Morgan fingerprint density at radius 2 is 1.27 bits per heavy atom. The fourth-order valence-electron chi connectivity index (χ4n) is 4.39. The summed E-state index contributed by atoms with van der Waals surface area (Å²) in [4.78, 5) is 0. The van der Waals surface area contributed by atoms with E-state index in [2.05, 4.69) is 13.8 Å². The van der Waals surface area contributed by atoms with Crippen molar-refractivity contribution in [3.05, 3.63) is 35.1 Å². The van der Waals surface area contributed by atoms with Gasteiger partial charge in [-0.3, -0.25) is 0 Å². The minimum atomic E-state index is -1.14. The third-order valence-corrected chi connectivity index (χ3v) is 6.30. The van der Waals surface area contributed by atoms with Gasteiger partial charge in [-0.25, -0.2) is 13.2 Å². The topological polar surface area (TPSA) is 18.5 Å². The van der Waals surface area contributed by atoms with Gasteiger partial charge >= 0.3 is 0 Å². The molecule has 0 aliphatic heterocycles. The molecular weight excluding hydrogens is 389 g/mol. The van der Waals surface area contributed by atoms with E-state index < -0.39 is 23.2 Å². The second kappa shape index (κ2) is 14.9. The Morgan fingerprint density at radius 1 is 0.733 bits per heavy atom. The normalized spacial score (nSPS) is 13.0. The van der Waals surface area contributed by atoms with Gasteiger partial charge in [0.15, 0.2) is 17.4 Å². The Bertz CT molecular complexity index is 580. The van der Waals surface area contributed by atoms with Gasteiger partial charge in [-0.05, 0) is 43.7 Å². The maximum atomic E-state index is 13.8. The van der Waals surface area contributed by atoms with Crippen molar-refractivity contribution in [1.29, 1.82) is 0 Å². The number of halogens is 3. The van der Waals surface area contributed by atoms with E-state index in [1.807, 2.05) is 0 Å². The minimum absolute atomic E-state index is 0.245. The Labute approximate surface area is 181 Å². The molecule has 0 N–H and O–H groups in total. The molecule has 0 fully saturated rings. The number of methoxy groups -OCH3 is 2. The number of hydrogen-bond acceptors (Lipinski definition) is 2. The summed E-state index contributed by atoms with van der Waals surface area (Å²) < 4.78 is 51.8. The van der Waals surface area contributed by atoms with Crippen LogP contribution in [0.2, 0.25) is 0 Å². The SMILES string of the molecule is CCCCCCCCC(CCCCCc1cc(F)c(F)cc1F)C(CC)(OC)OC. The van der Waals surface area contributed by atoms with Gasteiger partial charge in [0.25, 0.3) is 0 Å². The van der Waals surface area contributed by atoms with Gasteiger partial charge in [-0.15, -0.1) is 0 Å². The standard InChI is InChI=1S/C25H41F3O2/c1-5-7-8-9-10-13-16-21(25(6-2,29-3)30-4)17-14-11-12-15-20-18-23(27)24(28)19-22(20)26/h18-19,21H,5-17H2,1-4H3. The molecule has 0 spiro atoms. The highest BCUT2D eigenvalue weighted by Gasteiger charge is 2.36. The molecule has 0 saturated carbocycles. The van der Waals surface area contributed by atoms with E-state index in [-0.39, 0.29) is 5.56 Å². The molecular formula is C25H41F3O2. The lowest BCUT2D eigenvalue weighted by molar-refractivity contribution is -0.244. The van der Waals surface area contributed by atoms with Crippen LogP contribution in [0.4, 0.5) is 13.2 Å². The van der Waals surface area contributed by atoms with Crippen LogP contribution >= 0.6 is 0 Å². The van der Waals surface area contributed by atoms with Gasteiger partial charge in [0, 0.05) is 26.2 Å². The highest BCUT2D eigenvalue weighted by molar-refractivity contribution is 5.20. The zero-order chi connectivity index (χ0) is 22.4. The van der Waals surface area contributed by atoms with Crippen molar-refractivity contribution in [1.82, 2.24) is 0 Å². The van der Waals surface area contributed by atoms with Crippen LogP contribution in [-0.4, -0.2) is 20.0 Å². The van der Waals surface area contributed by atoms with E-state index in [0.29, 0.717) is 18.4 Å². The molecule has 0 amide bonds. The van der Waals surface area contributed by atoms with Crippen LogP contribution in [0.3, 0.4) is 0 Å². The predicted octanol–water partition coefficient (Wildman–Crippen LogP) is 7.97. The van der Waals surface area contributed by atoms with Crippen LogP contribution in [0.5, 0.6) is 0 Å². The Hall–Kier alpha value is -1.07. The van der Waals surface area contributed by atoms with Crippen molar-refractivity contribution >= 4 is 0 Å². The highest BCUT2D eigenvalue weighted by atomic mass is 19.2. The molecule has 0 radical (unpaired) electrons. The van der Waals surface area contributed by atoms with Crippen molar-refractivity contribution in [2.75, 3.05) is 14.2 Å². The van der Waals surface area contributed by atoms with Crippen molar-refractivity contribution in [2.24, 2.45) is 5.92 Å². The monoisotopic (exact) mass is 430 g/mol. The molecule has 2 nitrogen and oxygen atoms in total. The van der Waals surface area contributed by atoms with Crippen LogP contribution in [0.25, 0.3) is 0 Å². The van der Waals surface area contributed by atoms with Crippen molar-refractivity contribution in [2.45, 2.75) is 103 Å². The van der Waals surface area contributed by atoms with E-state index >= 15 is 0 Å². The van der Waals surface area contributed by atoms with Gasteiger partial charge < -0.3 is 9.47 Å². The molecule has 0 heterocycles. The predicted molar refractivity (Wildman–Crippen MR) is 117 cm³/mol. The summed E-state index contributed by atoms with van der Waals surface area (Å²) in [5.74, 6) is -3.04. The Morgan fingerprint density at radius 3 is 1.83 bits per heavy atom. The summed E-state index contributed by atoms with van der Waals surface area (Å²) in [5.41, 5.74) is 0.245. The minimum Gasteiger partial charge on any atom is -0.353 e. The Kier molecular flexibility index (Phi) is 13.3. The summed E-state index contributed by atoms with van der Waals surface area (Å²) in [7, 11) is 3.43. The molecule has 0 saturated heterocycles. The number of aryl methyl sites for hydroxylation is 1. The van der Waals surface area contributed by atoms with Gasteiger partial charge in [0.2, 0.25) is 0 Å². The smallest absolute Gasteiger partial charge is 0.170 e. The Balaban J connectivity index is 2.51. The van der Waals surface area contributed by atoms with Crippen LogP contribution < -0.4 is 0 Å². The first-order valence-corrected chi connectivity index (χ1v) is 11.7. The third-order valence-electron chi connectivity index (χ3n) is 6.30. The first-order valence-electron chi connectivity index (χ1n) is 11.7. The average molecular weight is 431 g/mol. The molecule has 0 aliphatic rings. The van der Waals surface area contributed by atoms with E-state index in [1.165, 1.54) is 38.5 Å². The molecule has 0 aromatic heterocycles. The molecule has 30 heavy (non-hydrogen) atoms. The maximum Gasteiger partial charge on any atom is 0.170 e. The van der Waals surface area contributed by atoms with Crippen LogP contribution in [0.15, 0.2) is 12.1 Å². The molecule has 5 heteroatoms. The molecule has 0 bridgehead atoms. The zero-order valence-corrected chi connectivity index (χ0v) is 19.4. The maximum absolute atomic E-state index is 13.8. The summed E-state index contributed by atoms with van der Waals surface area (Å²) in [5, 5.41) is 0. The van der Waals surface area contributed by atoms with E-state index in [4.69, 9.17) is 9.47 Å². The highest BCUT2D eigenvalue weighted by Crippen LogP contribution is 2.35. The quantitative estimate of drug-likeness (QED) is 0.142. The zero-order valence-electron chi connectivity index (χ0n) is 19.4. The lowest BCUT2D eigenvalue weighted by atomic mass is 9.85. The van der Waals surface area contributed by atoms with Crippen LogP contribution in [0.1, 0.15) is 96.5 Å². The lowest BCUT2D eigenvalue weighted by Crippen LogP contribution is -2.41. The fraction of sp³-hybridized carbons (Fsp3) is 0.760. The molecule has 174 valence electrons. The fourth-order valence-corrected chi connectivity index (χ4v) is 4.39. The van der Waals surface area contributed by atoms with Crippen molar-refractivity contribution in [3.8, 4) is 0 Å². The molecule has 1 unspecified atom stereocenters. The number of unbranched alkanes of at least 4 members (excludes halogenated alkanes) is 7. The lowest BCUT2D eigenvalue weighted by Gasteiger charge is -2.38. The van der Waals surface area contributed by atoms with Crippen LogP contribution in [0, 0.1) is 23.4 Å². The number of benzene rings is 1. The number of hydrogen-bond donors (Lipinski definition) is 0. The molecule has 1 aromatic rings. The molecule has 1 rings (SSSR count). The third kappa shape index (κ3) is 8.58. The molecule has 1 atom stereocenters. The largest absolute Gasteiger partial charge is 0.353 e. The first-order chi connectivity index (χ1) is 14.4. The summed E-state index contributed by atoms with van der Waals surface area (Å²) in [6.45, 7) is 4.32. The van der Waals surface area contributed by atoms with Gasteiger partial charge in [0.1, 0.15) is 5.82 Å². The molecule has 0 aliphatic carbocycles. The second-order valence-corrected chi connectivity index (χ2v) is 8.28. The molecule has 1 aromatic carbocycles. The van der Waals surface area contributed by atoms with Crippen LogP contribution in [-0.2, 0) is 15.9 Å². The average Bonchev–Trinajstić information content (AvgIpc) is 2.74. The van der Waals surface area contributed by atoms with Gasteiger partial charge in [-0.1, -0.05) is 65.2 Å². The first kappa shape index (κ1) is 27.0. The summed E-state index contributed by atoms with van der Waals surface area (Å²) >= 11 is 0. The van der Waals surface area contributed by atoms with E-state index in [9.17, 15) is 13.2 Å².